The van der Waals surface area contributed by atoms with E-state index in [-0.39, 0.29) is 4.75 Å². The number of amides is 1. The van der Waals surface area contributed by atoms with Crippen LogP contribution in [0.3, 0.4) is 0 Å². The number of pyridine rings is 1. The van der Waals surface area contributed by atoms with Crippen LogP contribution in [0.1, 0.15) is 41.5 Å². The van der Waals surface area contributed by atoms with Gasteiger partial charge in [0.15, 0.2) is 0 Å². The van der Waals surface area contributed by atoms with Crippen molar-refractivity contribution in [2.75, 3.05) is 5.75 Å². The lowest BCUT2D eigenvalue weighted by molar-refractivity contribution is -0.136. The first kappa shape index (κ1) is 24.6. The monoisotopic (exact) mass is 469 g/mol. The number of thioether (sulfide) groups is 1. The van der Waals surface area contributed by atoms with Gasteiger partial charge in [0.2, 0.25) is 0 Å². The van der Waals surface area contributed by atoms with Crippen LogP contribution in [0.2, 0.25) is 0 Å². The second-order valence-electron chi connectivity index (χ2n) is 9.69. The number of nitrogens with one attached hydrogen (secondary N) is 2. The molecule has 0 aliphatic carbocycles. The summed E-state index contributed by atoms with van der Waals surface area (Å²) >= 11 is 1.56. The van der Waals surface area contributed by atoms with Gasteiger partial charge < -0.3 is 19.8 Å². The average molecular weight is 470 g/mol. The predicted octanol–water partition coefficient (Wildman–Crippen LogP) is 5.56. The Labute approximate surface area is 198 Å². The Bertz CT molecular complexity index is 1080. The molecule has 2 N–H and O–H groups in total. The van der Waals surface area contributed by atoms with E-state index in [1.807, 2.05) is 51.1 Å². The van der Waals surface area contributed by atoms with Gasteiger partial charge >= 0.3 is 12.1 Å². The Morgan fingerprint density at radius 1 is 1.09 bits per heavy atom. The van der Waals surface area contributed by atoms with E-state index in [4.69, 9.17) is 9.47 Å². The van der Waals surface area contributed by atoms with Crippen LogP contribution in [0, 0.1) is 0 Å². The van der Waals surface area contributed by atoms with Crippen LogP contribution in [-0.2, 0) is 9.53 Å². The highest BCUT2D eigenvalue weighted by atomic mass is 32.2. The molecular formula is C25H31N3O4S. The Morgan fingerprint density at radius 2 is 1.79 bits per heavy atom. The van der Waals surface area contributed by atoms with Crippen molar-refractivity contribution in [2.24, 2.45) is 0 Å². The summed E-state index contributed by atoms with van der Waals surface area (Å²) in [6.07, 6.45) is 1.09. The number of nitrogens with zero attached hydrogens (tertiary/aromatic N) is 1. The lowest BCUT2D eigenvalue weighted by Gasteiger charge is -2.25. The first-order valence-electron chi connectivity index (χ1n) is 10.8. The molecule has 0 saturated carbocycles. The lowest BCUT2D eigenvalue weighted by Crippen LogP contribution is -2.47. The zero-order chi connectivity index (χ0) is 24.2. The van der Waals surface area contributed by atoms with Gasteiger partial charge in [-0.05, 0) is 68.8 Å². The van der Waals surface area contributed by atoms with Crippen molar-refractivity contribution in [3.63, 3.8) is 0 Å². The summed E-state index contributed by atoms with van der Waals surface area (Å²) in [5.74, 6) is 0.219. The second kappa shape index (κ2) is 9.87. The molecule has 1 atom stereocenters. The zero-order valence-corrected chi connectivity index (χ0v) is 20.7. The molecule has 0 unspecified atom stereocenters. The van der Waals surface area contributed by atoms with Gasteiger partial charge in [0.25, 0.3) is 0 Å². The molecular weight excluding hydrogens is 438 g/mol. The number of aromatic amines is 1. The number of H-pyrrole nitrogens is 1. The van der Waals surface area contributed by atoms with Gasteiger partial charge in [-0.1, -0.05) is 20.8 Å². The first-order valence-corrected chi connectivity index (χ1v) is 11.8. The number of benzene rings is 1. The summed E-state index contributed by atoms with van der Waals surface area (Å²) in [6, 6.07) is 12.3. The summed E-state index contributed by atoms with van der Waals surface area (Å²) in [5, 5.41) is 3.67. The number of rotatable bonds is 6. The fourth-order valence-corrected chi connectivity index (χ4v) is 3.84. The van der Waals surface area contributed by atoms with E-state index in [2.05, 4.69) is 15.3 Å². The highest BCUT2D eigenvalue weighted by molar-refractivity contribution is 8.00. The predicted molar refractivity (Wildman–Crippen MR) is 133 cm³/mol. The average Bonchev–Trinajstić information content (AvgIpc) is 3.14. The SMILES string of the molecule is CC(C)(C)OC(=O)N[C@@H](CSC(C)(C)C)C(=O)Oc1ccc(-c2cc3cccnc3[nH]2)cc1. The Balaban J connectivity index is 1.69. The van der Waals surface area contributed by atoms with E-state index >= 15 is 0 Å². The molecule has 7 nitrogen and oxygen atoms in total. The van der Waals surface area contributed by atoms with Crippen molar-refractivity contribution >= 4 is 34.9 Å². The van der Waals surface area contributed by atoms with E-state index in [1.54, 1.807) is 50.9 Å². The Kier molecular flexibility index (Phi) is 7.37. The Morgan fingerprint density at radius 3 is 2.39 bits per heavy atom. The van der Waals surface area contributed by atoms with Crippen LogP contribution in [0.4, 0.5) is 4.79 Å². The number of carbonyl (C=O) groups is 2. The molecule has 176 valence electrons. The molecule has 33 heavy (non-hydrogen) atoms. The van der Waals surface area contributed by atoms with Crippen LogP contribution in [0.15, 0.2) is 48.7 Å². The van der Waals surface area contributed by atoms with Crippen LogP contribution < -0.4 is 10.1 Å². The minimum absolute atomic E-state index is 0.0791. The van der Waals surface area contributed by atoms with Crippen LogP contribution in [0.25, 0.3) is 22.3 Å². The topological polar surface area (TPSA) is 93.3 Å². The van der Waals surface area contributed by atoms with Gasteiger partial charge in [-0.25, -0.2) is 14.6 Å². The summed E-state index contributed by atoms with van der Waals surface area (Å²) in [6.45, 7) is 11.5. The molecule has 0 aliphatic heterocycles. The molecule has 0 fully saturated rings. The summed E-state index contributed by atoms with van der Waals surface area (Å²) in [5.41, 5.74) is 2.02. The highest BCUT2D eigenvalue weighted by Gasteiger charge is 2.28. The van der Waals surface area contributed by atoms with Crippen LogP contribution >= 0.6 is 11.8 Å². The molecule has 0 bridgehead atoms. The number of carbonyl (C=O) groups excluding carboxylic acids is 2. The molecule has 0 radical (unpaired) electrons. The molecule has 2 aromatic heterocycles. The summed E-state index contributed by atoms with van der Waals surface area (Å²) in [7, 11) is 0. The number of fused-ring (bicyclic) bond motifs is 1. The third-order valence-electron chi connectivity index (χ3n) is 4.43. The van der Waals surface area contributed by atoms with E-state index in [0.717, 1.165) is 22.3 Å². The molecule has 0 aliphatic rings. The van der Waals surface area contributed by atoms with Gasteiger partial charge in [0.05, 0.1) is 0 Å². The fourth-order valence-electron chi connectivity index (χ4n) is 2.95. The van der Waals surface area contributed by atoms with Gasteiger partial charge in [0, 0.05) is 27.8 Å². The molecule has 0 spiro atoms. The molecule has 2 heterocycles. The number of hydrogen-bond donors (Lipinski definition) is 2. The van der Waals surface area contributed by atoms with Crippen molar-refractivity contribution in [1.29, 1.82) is 0 Å². The molecule has 0 saturated heterocycles. The normalized spacial score (nSPS) is 12.9. The van der Waals surface area contributed by atoms with Crippen molar-refractivity contribution in [1.82, 2.24) is 15.3 Å². The molecule has 3 rings (SSSR count). The van der Waals surface area contributed by atoms with Crippen molar-refractivity contribution < 1.29 is 19.1 Å². The van der Waals surface area contributed by atoms with E-state index < -0.39 is 23.7 Å². The first-order chi connectivity index (χ1) is 15.4. The third kappa shape index (κ3) is 7.53. The maximum absolute atomic E-state index is 12.9. The minimum atomic E-state index is -0.844. The zero-order valence-electron chi connectivity index (χ0n) is 19.9. The van der Waals surface area contributed by atoms with Crippen molar-refractivity contribution in [2.45, 2.75) is 57.9 Å². The standard InChI is InChI=1S/C25H31N3O4S/c1-24(2,3)32-23(30)28-20(15-33-25(4,5)6)22(29)31-18-11-9-16(10-12-18)19-14-17-8-7-13-26-21(17)27-19/h7-14,20H,15H2,1-6H3,(H,26,27)(H,28,30)/t20-/m0/s1. The van der Waals surface area contributed by atoms with Crippen molar-refractivity contribution in [3.05, 3.63) is 48.7 Å². The fraction of sp³-hybridized carbons (Fsp3) is 0.400. The second-order valence-corrected chi connectivity index (χ2v) is 11.5. The maximum atomic E-state index is 12.9. The van der Waals surface area contributed by atoms with E-state index in [0.29, 0.717) is 11.5 Å². The summed E-state index contributed by atoms with van der Waals surface area (Å²) in [4.78, 5) is 32.7. The number of hydrogen-bond acceptors (Lipinski definition) is 6. The number of aromatic nitrogens is 2. The lowest BCUT2D eigenvalue weighted by atomic mass is 10.1. The molecule has 1 aromatic carbocycles. The summed E-state index contributed by atoms with van der Waals surface area (Å²) < 4.78 is 10.8. The number of alkyl carbamates (subject to hydrolysis) is 1. The van der Waals surface area contributed by atoms with Crippen molar-refractivity contribution in [3.8, 4) is 17.0 Å². The van der Waals surface area contributed by atoms with E-state index in [9.17, 15) is 9.59 Å². The third-order valence-corrected chi connectivity index (χ3v) is 5.80. The van der Waals surface area contributed by atoms with Gasteiger partial charge in [0.1, 0.15) is 23.0 Å². The smallest absolute Gasteiger partial charge is 0.408 e. The Hall–Kier alpha value is -3.00. The number of esters is 1. The van der Waals surface area contributed by atoms with Gasteiger partial charge in [-0.15, -0.1) is 0 Å². The minimum Gasteiger partial charge on any atom is -0.444 e. The van der Waals surface area contributed by atoms with Gasteiger partial charge in [-0.2, -0.15) is 11.8 Å². The van der Waals surface area contributed by atoms with Crippen LogP contribution in [-0.4, -0.2) is 44.2 Å². The number of ether oxygens (including phenoxy) is 2. The molecule has 1 amide bonds. The quantitative estimate of drug-likeness (QED) is 0.363. The molecule has 3 aromatic rings. The van der Waals surface area contributed by atoms with E-state index in [1.165, 1.54) is 0 Å². The van der Waals surface area contributed by atoms with Crippen LogP contribution in [0.5, 0.6) is 5.75 Å². The highest BCUT2D eigenvalue weighted by Crippen LogP contribution is 2.26. The van der Waals surface area contributed by atoms with Gasteiger partial charge in [-0.3, -0.25) is 0 Å². The largest absolute Gasteiger partial charge is 0.444 e. The molecule has 8 heteroatoms. The maximum Gasteiger partial charge on any atom is 0.408 e.